The van der Waals surface area contributed by atoms with Crippen molar-refractivity contribution in [3.8, 4) is 0 Å². The zero-order chi connectivity index (χ0) is 14.0. The molecule has 1 heterocycles. The maximum Gasteiger partial charge on any atom is 0.258 e. The molecule has 0 saturated heterocycles. The summed E-state index contributed by atoms with van der Waals surface area (Å²) < 4.78 is 0. The van der Waals surface area contributed by atoms with E-state index in [0.717, 1.165) is 4.90 Å². The van der Waals surface area contributed by atoms with Gasteiger partial charge in [-0.1, -0.05) is 28.1 Å². The molecule has 0 radical (unpaired) electrons. The molecule has 1 aliphatic rings. The van der Waals surface area contributed by atoms with Crippen molar-refractivity contribution in [2.75, 3.05) is 10.2 Å². The number of nitrogens with zero attached hydrogens (tertiary/aromatic N) is 1. The topological polar surface area (TPSA) is 77.8 Å². The molecule has 2 atom stereocenters. The van der Waals surface area contributed by atoms with Crippen LogP contribution in [0, 0.1) is 0 Å². The maximum atomic E-state index is 11.5. The maximum absolute atomic E-state index is 11.5. The Kier molecular flexibility index (Phi) is 4.14. The third-order valence-corrected chi connectivity index (χ3v) is 3.49. The Morgan fingerprint density at radius 2 is 1.58 bits per heavy atom. The van der Waals surface area contributed by atoms with Crippen molar-refractivity contribution < 1.29 is 19.8 Å². The number of carbonyl (C=O) groups is 2. The van der Waals surface area contributed by atoms with E-state index in [9.17, 15) is 19.8 Å². The number of alkyl halides is 1. The lowest BCUT2D eigenvalue weighted by Gasteiger charge is -2.18. The summed E-state index contributed by atoms with van der Waals surface area (Å²) >= 11 is 3.08. The highest BCUT2D eigenvalue weighted by Crippen LogP contribution is 2.24. The Balaban J connectivity index is 2.19. The van der Waals surface area contributed by atoms with E-state index >= 15 is 0 Å². The Hall–Kier alpha value is -1.50. The molecule has 100 valence electrons. The van der Waals surface area contributed by atoms with Crippen molar-refractivity contribution in [3.63, 3.8) is 0 Å². The molecule has 2 amide bonds. The van der Waals surface area contributed by atoms with Gasteiger partial charge in [0.15, 0.2) is 0 Å². The third-order valence-electron chi connectivity index (χ3n) is 2.82. The Morgan fingerprint density at radius 1 is 1.05 bits per heavy atom. The number of aliphatic hydroxyl groups is 2. The first-order valence-electron chi connectivity index (χ1n) is 5.63. The number of imide groups is 1. The lowest BCUT2D eigenvalue weighted by Crippen LogP contribution is -2.29. The summed E-state index contributed by atoms with van der Waals surface area (Å²) in [6.07, 6.45) is 0.485. The molecule has 1 aliphatic heterocycles. The molecule has 6 heteroatoms. The second kappa shape index (κ2) is 5.64. The van der Waals surface area contributed by atoms with E-state index in [0.29, 0.717) is 11.3 Å². The minimum atomic E-state index is -1.02. The predicted molar refractivity (Wildman–Crippen MR) is 72.8 cm³/mol. The monoisotopic (exact) mass is 325 g/mol. The van der Waals surface area contributed by atoms with Crippen molar-refractivity contribution in [1.82, 2.24) is 0 Å². The number of aliphatic hydroxyl groups excluding tert-OH is 2. The highest BCUT2D eigenvalue weighted by molar-refractivity contribution is 9.09. The summed E-state index contributed by atoms with van der Waals surface area (Å²) in [5, 5.41) is 19.6. The molecule has 5 nitrogen and oxygen atoms in total. The first-order valence-corrected chi connectivity index (χ1v) is 6.75. The van der Waals surface area contributed by atoms with Gasteiger partial charge in [0.1, 0.15) is 6.10 Å². The molecule has 19 heavy (non-hydrogen) atoms. The van der Waals surface area contributed by atoms with Crippen LogP contribution in [0.25, 0.3) is 0 Å². The number of benzene rings is 1. The third kappa shape index (κ3) is 2.75. The molecule has 1 aromatic rings. The van der Waals surface area contributed by atoms with Gasteiger partial charge in [0.25, 0.3) is 11.8 Å². The molecule has 0 fully saturated rings. The number of hydrogen-bond donors (Lipinski definition) is 2. The molecular formula is C13H12BrNO4. The normalized spacial score (nSPS) is 17.9. The molecule has 2 N–H and O–H groups in total. The van der Waals surface area contributed by atoms with E-state index < -0.39 is 24.0 Å². The van der Waals surface area contributed by atoms with Crippen LogP contribution in [0.4, 0.5) is 5.69 Å². The highest BCUT2D eigenvalue weighted by Gasteiger charge is 2.25. The second-order valence-electron chi connectivity index (χ2n) is 4.10. The largest absolute Gasteiger partial charge is 0.389 e. The summed E-state index contributed by atoms with van der Waals surface area (Å²) in [5.41, 5.74) is 0.951. The minimum absolute atomic E-state index is 0.253. The number of amides is 2. The number of halogens is 1. The zero-order valence-corrected chi connectivity index (χ0v) is 11.4. The van der Waals surface area contributed by atoms with Gasteiger partial charge in [0.05, 0.1) is 11.8 Å². The zero-order valence-electron chi connectivity index (χ0n) is 9.86. The van der Waals surface area contributed by atoms with E-state index in [2.05, 4.69) is 15.9 Å². The van der Waals surface area contributed by atoms with Crippen molar-refractivity contribution in [2.24, 2.45) is 0 Å². The van der Waals surface area contributed by atoms with Crippen LogP contribution >= 0.6 is 15.9 Å². The van der Waals surface area contributed by atoms with E-state index in [1.807, 2.05) is 0 Å². The summed E-state index contributed by atoms with van der Waals surface area (Å²) in [4.78, 5) is 24.0. The SMILES string of the molecule is O=C1C=CC(=O)N1c1ccc(C(O)C(O)CBr)cc1. The fourth-order valence-corrected chi connectivity index (χ4v) is 2.14. The van der Waals surface area contributed by atoms with E-state index in [1.165, 1.54) is 12.2 Å². The average Bonchev–Trinajstić information content (AvgIpc) is 2.77. The summed E-state index contributed by atoms with van der Waals surface area (Å²) in [6.45, 7) is 0. The van der Waals surface area contributed by atoms with Crippen molar-refractivity contribution in [2.45, 2.75) is 12.2 Å². The molecule has 0 aromatic heterocycles. The van der Waals surface area contributed by atoms with Crippen LogP contribution in [0.1, 0.15) is 11.7 Å². The van der Waals surface area contributed by atoms with Crippen molar-refractivity contribution >= 4 is 33.4 Å². The summed E-state index contributed by atoms with van der Waals surface area (Å²) in [6, 6.07) is 6.26. The smallest absolute Gasteiger partial charge is 0.258 e. The van der Waals surface area contributed by atoms with Crippen LogP contribution in [0.3, 0.4) is 0 Å². The van der Waals surface area contributed by atoms with Crippen LogP contribution in [0.15, 0.2) is 36.4 Å². The summed E-state index contributed by atoms with van der Waals surface area (Å²) in [5.74, 6) is -0.780. The van der Waals surface area contributed by atoms with Gasteiger partial charge in [-0.2, -0.15) is 0 Å². The first kappa shape index (κ1) is 13.9. The number of anilines is 1. The van der Waals surface area contributed by atoms with Crippen molar-refractivity contribution in [3.05, 3.63) is 42.0 Å². The number of hydrogen-bond acceptors (Lipinski definition) is 4. The van der Waals surface area contributed by atoms with E-state index in [4.69, 9.17) is 0 Å². The molecule has 0 saturated carbocycles. The molecule has 2 unspecified atom stereocenters. The van der Waals surface area contributed by atoms with Crippen LogP contribution in [-0.2, 0) is 9.59 Å². The molecule has 1 aromatic carbocycles. The van der Waals surface area contributed by atoms with Gasteiger partial charge in [0.2, 0.25) is 0 Å². The lowest BCUT2D eigenvalue weighted by molar-refractivity contribution is -0.119. The molecule has 2 rings (SSSR count). The second-order valence-corrected chi connectivity index (χ2v) is 4.75. The Morgan fingerprint density at radius 3 is 2.05 bits per heavy atom. The van der Waals surface area contributed by atoms with Crippen LogP contribution in [0.2, 0.25) is 0 Å². The van der Waals surface area contributed by atoms with Gasteiger partial charge in [-0.15, -0.1) is 0 Å². The predicted octanol–water partition coefficient (Wildman–Crippen LogP) is 0.905. The number of carbonyl (C=O) groups excluding carboxylic acids is 2. The summed E-state index contributed by atoms with van der Waals surface area (Å²) in [7, 11) is 0. The Bertz CT molecular complexity index is 508. The molecular weight excluding hydrogens is 314 g/mol. The minimum Gasteiger partial charge on any atom is -0.389 e. The fraction of sp³-hybridized carbons (Fsp3) is 0.231. The van der Waals surface area contributed by atoms with E-state index in [1.54, 1.807) is 24.3 Å². The fourth-order valence-electron chi connectivity index (χ4n) is 1.78. The van der Waals surface area contributed by atoms with Crippen LogP contribution < -0.4 is 4.90 Å². The van der Waals surface area contributed by atoms with Gasteiger partial charge in [-0.05, 0) is 17.7 Å². The first-order chi connectivity index (χ1) is 9.04. The lowest BCUT2D eigenvalue weighted by atomic mass is 10.0. The van der Waals surface area contributed by atoms with Crippen molar-refractivity contribution in [1.29, 1.82) is 0 Å². The molecule has 0 bridgehead atoms. The Labute approximate surface area is 118 Å². The number of rotatable bonds is 4. The molecule has 0 spiro atoms. The average molecular weight is 326 g/mol. The van der Waals surface area contributed by atoms with Crippen LogP contribution in [0.5, 0.6) is 0 Å². The van der Waals surface area contributed by atoms with E-state index in [-0.39, 0.29) is 5.33 Å². The van der Waals surface area contributed by atoms with Gasteiger partial charge in [0, 0.05) is 17.5 Å². The quantitative estimate of drug-likeness (QED) is 0.637. The van der Waals surface area contributed by atoms with Gasteiger partial charge in [-0.3, -0.25) is 9.59 Å². The van der Waals surface area contributed by atoms with Crippen LogP contribution in [-0.4, -0.2) is 33.5 Å². The van der Waals surface area contributed by atoms with Gasteiger partial charge in [-0.25, -0.2) is 4.90 Å². The highest BCUT2D eigenvalue weighted by atomic mass is 79.9. The molecule has 0 aliphatic carbocycles. The van der Waals surface area contributed by atoms with Gasteiger partial charge < -0.3 is 10.2 Å². The standard InChI is InChI=1S/C13H12BrNO4/c14-7-10(16)13(19)8-1-3-9(4-2-8)15-11(17)5-6-12(15)18/h1-6,10,13,16,19H,7H2. The van der Waals surface area contributed by atoms with Gasteiger partial charge >= 0.3 is 0 Å².